The molecule has 1 aliphatic heterocycles. The lowest BCUT2D eigenvalue weighted by molar-refractivity contribution is 0.299. The molecule has 0 aromatic heterocycles. The van der Waals surface area contributed by atoms with E-state index in [0.29, 0.717) is 35.0 Å². The van der Waals surface area contributed by atoms with Crippen LogP contribution in [-0.2, 0) is 0 Å². The van der Waals surface area contributed by atoms with E-state index in [1.807, 2.05) is 13.0 Å². The fourth-order valence-corrected chi connectivity index (χ4v) is 5.24. The van der Waals surface area contributed by atoms with Crippen LogP contribution in [0.5, 0.6) is 11.5 Å². The zero-order valence-electron chi connectivity index (χ0n) is 19.6. The van der Waals surface area contributed by atoms with Crippen molar-refractivity contribution in [1.29, 1.82) is 0 Å². The second-order valence-electron chi connectivity index (χ2n) is 8.67. The standard InChI is InChI=1S/C30H27ClN2O2/c1-3-16-35-30-26(31)17-20(18-28(30)34-4-2)19-32-22-14-12-21(13-15-22)29-25-10-7-9-23(25)24-8-5-6-11-27(24)33-29/h1,5-9,11-15,17-19,23,25,29,33H,4,10,16H2,2H3/t23-,25-,29+/m1/s1. The van der Waals surface area contributed by atoms with Crippen LogP contribution in [0.4, 0.5) is 11.4 Å². The van der Waals surface area contributed by atoms with Crippen LogP contribution in [0.25, 0.3) is 0 Å². The number of hydrogen-bond donors (Lipinski definition) is 1. The molecule has 1 aliphatic carbocycles. The van der Waals surface area contributed by atoms with Crippen LogP contribution in [0.3, 0.4) is 0 Å². The highest BCUT2D eigenvalue weighted by Gasteiger charge is 2.37. The molecular formula is C30H27ClN2O2. The van der Waals surface area contributed by atoms with Gasteiger partial charge in [-0.3, -0.25) is 4.99 Å². The van der Waals surface area contributed by atoms with Crippen molar-refractivity contribution in [2.75, 3.05) is 18.5 Å². The summed E-state index contributed by atoms with van der Waals surface area (Å²) in [6.07, 6.45) is 12.8. The summed E-state index contributed by atoms with van der Waals surface area (Å²) >= 11 is 6.43. The number of rotatable bonds is 7. The number of nitrogens with one attached hydrogen (secondary N) is 1. The van der Waals surface area contributed by atoms with Gasteiger partial charge in [-0.05, 0) is 66.3 Å². The maximum atomic E-state index is 6.43. The third-order valence-electron chi connectivity index (χ3n) is 6.52. The molecule has 2 aliphatic rings. The van der Waals surface area contributed by atoms with Crippen LogP contribution in [0.1, 0.15) is 42.0 Å². The molecule has 0 radical (unpaired) electrons. The van der Waals surface area contributed by atoms with Gasteiger partial charge in [0.15, 0.2) is 11.5 Å². The van der Waals surface area contributed by atoms with Crippen molar-refractivity contribution < 1.29 is 9.47 Å². The molecule has 176 valence electrons. The van der Waals surface area contributed by atoms with Gasteiger partial charge in [0.1, 0.15) is 6.61 Å². The molecule has 0 spiro atoms. The highest BCUT2D eigenvalue weighted by Crippen LogP contribution is 2.49. The second kappa shape index (κ2) is 10.3. The van der Waals surface area contributed by atoms with Crippen LogP contribution in [0.2, 0.25) is 5.02 Å². The smallest absolute Gasteiger partial charge is 0.181 e. The van der Waals surface area contributed by atoms with E-state index in [0.717, 1.165) is 17.7 Å². The fraction of sp³-hybridized carbons (Fsp3) is 0.233. The number of anilines is 1. The molecule has 3 aromatic carbocycles. The van der Waals surface area contributed by atoms with E-state index >= 15 is 0 Å². The van der Waals surface area contributed by atoms with Crippen molar-refractivity contribution in [1.82, 2.24) is 0 Å². The lowest BCUT2D eigenvalue weighted by Crippen LogP contribution is -2.28. The zero-order valence-corrected chi connectivity index (χ0v) is 20.3. The number of nitrogens with zero attached hydrogens (tertiary/aromatic N) is 1. The van der Waals surface area contributed by atoms with Gasteiger partial charge in [0.25, 0.3) is 0 Å². The number of halogens is 1. The Labute approximate surface area is 211 Å². The van der Waals surface area contributed by atoms with E-state index < -0.39 is 0 Å². The molecular weight excluding hydrogens is 456 g/mol. The van der Waals surface area contributed by atoms with Gasteiger partial charge >= 0.3 is 0 Å². The molecule has 0 saturated carbocycles. The Kier molecular flexibility index (Phi) is 6.79. The van der Waals surface area contributed by atoms with Crippen LogP contribution < -0.4 is 14.8 Å². The normalized spacial score (nSPS) is 20.1. The maximum absolute atomic E-state index is 6.43. The first-order valence-electron chi connectivity index (χ1n) is 11.9. The molecule has 0 saturated heterocycles. The summed E-state index contributed by atoms with van der Waals surface area (Å²) < 4.78 is 11.3. The van der Waals surface area contributed by atoms with E-state index in [9.17, 15) is 0 Å². The summed E-state index contributed by atoms with van der Waals surface area (Å²) in [7, 11) is 0. The number of terminal acetylenes is 1. The Bertz CT molecular complexity index is 1310. The molecule has 3 atom stereocenters. The Morgan fingerprint density at radius 1 is 1.14 bits per heavy atom. The van der Waals surface area contributed by atoms with Crippen LogP contribution in [0, 0.1) is 18.3 Å². The zero-order chi connectivity index (χ0) is 24.2. The predicted molar refractivity (Wildman–Crippen MR) is 143 cm³/mol. The molecule has 3 aromatic rings. The van der Waals surface area contributed by atoms with Crippen molar-refractivity contribution >= 4 is 29.2 Å². The number of benzene rings is 3. The molecule has 5 heteroatoms. The molecule has 0 unspecified atom stereocenters. The third kappa shape index (κ3) is 4.78. The predicted octanol–water partition coefficient (Wildman–Crippen LogP) is 7.33. The van der Waals surface area contributed by atoms with Crippen LogP contribution >= 0.6 is 11.6 Å². The quantitative estimate of drug-likeness (QED) is 0.218. The van der Waals surface area contributed by atoms with Crippen molar-refractivity contribution in [3.05, 3.63) is 94.5 Å². The average Bonchev–Trinajstić information content (AvgIpc) is 3.38. The Morgan fingerprint density at radius 2 is 1.97 bits per heavy atom. The minimum Gasteiger partial charge on any atom is -0.490 e. The first-order chi connectivity index (χ1) is 17.2. The monoisotopic (exact) mass is 482 g/mol. The Hall–Kier alpha value is -3.68. The van der Waals surface area contributed by atoms with Gasteiger partial charge in [0, 0.05) is 17.8 Å². The highest BCUT2D eigenvalue weighted by molar-refractivity contribution is 6.32. The number of hydrogen-bond acceptors (Lipinski definition) is 4. The topological polar surface area (TPSA) is 42.8 Å². The van der Waals surface area contributed by atoms with Crippen molar-refractivity contribution in [2.24, 2.45) is 10.9 Å². The first-order valence-corrected chi connectivity index (χ1v) is 12.2. The van der Waals surface area contributed by atoms with Gasteiger partial charge in [0.2, 0.25) is 0 Å². The van der Waals surface area contributed by atoms with Crippen molar-refractivity contribution in [3.63, 3.8) is 0 Å². The summed E-state index contributed by atoms with van der Waals surface area (Å²) in [4.78, 5) is 4.65. The first kappa shape index (κ1) is 23.1. The number of fused-ring (bicyclic) bond motifs is 3. The van der Waals surface area contributed by atoms with Gasteiger partial charge in [-0.1, -0.05) is 60.0 Å². The average molecular weight is 483 g/mol. The van der Waals surface area contributed by atoms with Crippen LogP contribution in [0.15, 0.2) is 77.8 Å². The molecule has 0 bridgehead atoms. The number of aliphatic imine (C=N–C) groups is 1. The molecule has 1 N–H and O–H groups in total. The number of ether oxygens (including phenoxy) is 2. The van der Waals surface area contributed by atoms with Crippen molar-refractivity contribution in [2.45, 2.75) is 25.3 Å². The van der Waals surface area contributed by atoms with E-state index in [-0.39, 0.29) is 12.6 Å². The Balaban J connectivity index is 1.35. The maximum Gasteiger partial charge on any atom is 0.181 e. The molecule has 5 rings (SSSR count). The van der Waals surface area contributed by atoms with Crippen LogP contribution in [-0.4, -0.2) is 19.4 Å². The summed E-state index contributed by atoms with van der Waals surface area (Å²) in [5.74, 6) is 4.44. The van der Waals surface area contributed by atoms with Gasteiger partial charge in [-0.15, -0.1) is 6.42 Å². The largest absolute Gasteiger partial charge is 0.490 e. The summed E-state index contributed by atoms with van der Waals surface area (Å²) in [6, 6.07) is 21.0. The minimum absolute atomic E-state index is 0.124. The highest BCUT2D eigenvalue weighted by atomic mass is 35.5. The summed E-state index contributed by atoms with van der Waals surface area (Å²) in [5, 5.41) is 4.21. The molecule has 0 amide bonds. The van der Waals surface area contributed by atoms with E-state index in [4.69, 9.17) is 27.5 Å². The molecule has 1 heterocycles. The number of para-hydroxylation sites is 1. The van der Waals surface area contributed by atoms with E-state index in [2.05, 4.69) is 76.9 Å². The molecule has 4 nitrogen and oxygen atoms in total. The number of allylic oxidation sites excluding steroid dienone is 2. The summed E-state index contributed by atoms with van der Waals surface area (Å²) in [6.45, 7) is 2.52. The van der Waals surface area contributed by atoms with Crippen molar-refractivity contribution in [3.8, 4) is 23.8 Å². The fourth-order valence-electron chi connectivity index (χ4n) is 4.97. The summed E-state index contributed by atoms with van der Waals surface area (Å²) in [5.41, 5.74) is 5.58. The van der Waals surface area contributed by atoms with E-state index in [1.54, 1.807) is 12.3 Å². The second-order valence-corrected chi connectivity index (χ2v) is 9.08. The lowest BCUT2D eigenvalue weighted by atomic mass is 9.77. The van der Waals surface area contributed by atoms with Gasteiger partial charge in [-0.2, -0.15) is 0 Å². The third-order valence-corrected chi connectivity index (χ3v) is 6.80. The SMILES string of the molecule is C#CCOc1c(Cl)cc(C=Nc2ccc([C@@H]3Nc4ccccc4[C@H]4C=CC[C@H]43)cc2)cc1OCC. The molecule has 0 fully saturated rings. The van der Waals surface area contributed by atoms with E-state index in [1.165, 1.54) is 16.8 Å². The Morgan fingerprint density at radius 3 is 2.77 bits per heavy atom. The lowest BCUT2D eigenvalue weighted by Gasteiger charge is -2.37. The van der Waals surface area contributed by atoms with Gasteiger partial charge in [0.05, 0.1) is 23.4 Å². The molecule has 35 heavy (non-hydrogen) atoms. The van der Waals surface area contributed by atoms with Gasteiger partial charge < -0.3 is 14.8 Å². The van der Waals surface area contributed by atoms with Gasteiger partial charge in [-0.25, -0.2) is 0 Å². The minimum atomic E-state index is 0.124.